The van der Waals surface area contributed by atoms with Gasteiger partial charge in [0.25, 0.3) is 0 Å². The van der Waals surface area contributed by atoms with E-state index in [0.29, 0.717) is 11.1 Å². The average Bonchev–Trinajstić information content (AvgIpc) is 2.69. The summed E-state index contributed by atoms with van der Waals surface area (Å²) in [6.07, 6.45) is 5.01. The zero-order valence-electron chi connectivity index (χ0n) is 14.8. The molecule has 26 heavy (non-hydrogen) atoms. The summed E-state index contributed by atoms with van der Waals surface area (Å²) < 4.78 is 5.87. The number of hydrogen-bond acceptors (Lipinski definition) is 6. The van der Waals surface area contributed by atoms with Crippen LogP contribution >= 0.6 is 11.6 Å². The van der Waals surface area contributed by atoms with Gasteiger partial charge in [-0.25, -0.2) is 0 Å². The molecule has 0 spiro atoms. The molecule has 0 aliphatic carbocycles. The third kappa shape index (κ3) is 5.33. The monoisotopic (exact) mass is 374 g/mol. The summed E-state index contributed by atoms with van der Waals surface area (Å²) in [6.45, 7) is 2.72. The first-order chi connectivity index (χ1) is 12.7. The van der Waals surface area contributed by atoms with E-state index in [-0.39, 0.29) is 0 Å². The van der Waals surface area contributed by atoms with Crippen molar-refractivity contribution >= 4 is 23.6 Å². The van der Waals surface area contributed by atoms with E-state index in [4.69, 9.17) is 16.3 Å². The van der Waals surface area contributed by atoms with Crippen LogP contribution in [0.15, 0.2) is 41.6 Å². The molecule has 0 radical (unpaired) electrons. The molecule has 2 aromatic rings. The maximum atomic E-state index is 5.87. The maximum absolute atomic E-state index is 5.87. The van der Waals surface area contributed by atoms with Crippen molar-refractivity contribution in [2.24, 2.45) is 11.1 Å². The predicted molar refractivity (Wildman–Crippen MR) is 103 cm³/mol. The van der Waals surface area contributed by atoms with Crippen LogP contribution in [0.3, 0.4) is 0 Å². The Balaban J connectivity index is 1.38. The Labute approximate surface area is 158 Å². The smallest absolute Gasteiger partial charge is 0.151 e. The van der Waals surface area contributed by atoms with Crippen LogP contribution in [0.2, 0.25) is 5.15 Å². The van der Waals surface area contributed by atoms with Gasteiger partial charge < -0.3 is 14.5 Å². The lowest BCUT2D eigenvalue weighted by Crippen LogP contribution is -2.34. The van der Waals surface area contributed by atoms with Crippen molar-refractivity contribution < 1.29 is 9.57 Å². The fraction of sp³-hybridized carbons (Fsp3) is 0.421. The minimum Gasteiger partial charge on any atom is -0.494 e. The third-order valence-corrected chi connectivity index (χ3v) is 4.74. The first kappa shape index (κ1) is 18.5. The largest absolute Gasteiger partial charge is 0.494 e. The number of nitrogens with zero attached hydrogens (tertiary/aromatic N) is 4. The van der Waals surface area contributed by atoms with Crippen molar-refractivity contribution in [2.45, 2.75) is 19.3 Å². The van der Waals surface area contributed by atoms with Crippen molar-refractivity contribution in [1.29, 1.82) is 0 Å². The van der Waals surface area contributed by atoms with Crippen molar-refractivity contribution in [3.05, 3.63) is 47.1 Å². The van der Waals surface area contributed by atoms with E-state index in [1.807, 2.05) is 30.3 Å². The number of oxime groups is 1. The summed E-state index contributed by atoms with van der Waals surface area (Å²) in [5, 5.41) is 12.2. The first-order valence-corrected chi connectivity index (χ1v) is 9.16. The Morgan fingerprint density at radius 1 is 1.15 bits per heavy atom. The molecule has 0 saturated carbocycles. The molecule has 7 heteroatoms. The molecule has 1 aliphatic rings. The molecule has 1 aliphatic heterocycles. The number of piperidine rings is 1. The van der Waals surface area contributed by atoms with Gasteiger partial charge in [-0.05, 0) is 67.1 Å². The highest BCUT2D eigenvalue weighted by atomic mass is 35.5. The fourth-order valence-electron chi connectivity index (χ4n) is 3.04. The second-order valence-corrected chi connectivity index (χ2v) is 6.66. The zero-order valence-corrected chi connectivity index (χ0v) is 15.6. The Hall–Kier alpha value is -2.34. The van der Waals surface area contributed by atoms with Crippen molar-refractivity contribution in [3.8, 4) is 5.75 Å². The Bertz CT molecular complexity index is 698. The van der Waals surface area contributed by atoms with Crippen LogP contribution in [0.25, 0.3) is 0 Å². The lowest BCUT2D eigenvalue weighted by molar-refractivity contribution is 0.215. The standard InChI is InChI=1S/C19H23ClN4O2/c1-25-21-14-16-2-4-17(5-3-16)26-13-10-15-8-11-24(12-9-15)19-7-6-18(20)22-23-19/h2-7,14-15H,8-13H2,1H3/b21-14+. The lowest BCUT2D eigenvalue weighted by Gasteiger charge is -2.32. The summed E-state index contributed by atoms with van der Waals surface area (Å²) in [4.78, 5) is 6.94. The molecular formula is C19H23ClN4O2. The molecule has 1 aromatic heterocycles. The van der Waals surface area contributed by atoms with Gasteiger partial charge in [0.05, 0.1) is 12.8 Å². The second-order valence-electron chi connectivity index (χ2n) is 6.27. The molecule has 1 saturated heterocycles. The van der Waals surface area contributed by atoms with E-state index in [9.17, 15) is 0 Å². The van der Waals surface area contributed by atoms with Gasteiger partial charge in [0.2, 0.25) is 0 Å². The molecule has 0 amide bonds. The molecule has 0 unspecified atom stereocenters. The van der Waals surface area contributed by atoms with Gasteiger partial charge in [-0.1, -0.05) is 16.8 Å². The number of aromatic nitrogens is 2. The van der Waals surface area contributed by atoms with Crippen LogP contribution in [0, 0.1) is 5.92 Å². The number of anilines is 1. The van der Waals surface area contributed by atoms with Gasteiger partial charge in [0.1, 0.15) is 12.9 Å². The number of benzene rings is 1. The first-order valence-electron chi connectivity index (χ1n) is 8.78. The molecule has 138 valence electrons. The topological polar surface area (TPSA) is 59.8 Å². The molecule has 0 atom stereocenters. The van der Waals surface area contributed by atoms with Crippen LogP contribution in [0.1, 0.15) is 24.8 Å². The predicted octanol–water partition coefficient (Wildman–Crippen LogP) is 3.80. The molecule has 1 fully saturated rings. The van der Waals surface area contributed by atoms with E-state index in [2.05, 4.69) is 25.1 Å². The van der Waals surface area contributed by atoms with E-state index >= 15 is 0 Å². The van der Waals surface area contributed by atoms with E-state index in [0.717, 1.165) is 56.1 Å². The van der Waals surface area contributed by atoms with Crippen LogP contribution in [0.5, 0.6) is 5.75 Å². The van der Waals surface area contributed by atoms with Crippen LogP contribution in [-0.2, 0) is 4.84 Å². The molecular weight excluding hydrogens is 352 g/mol. The van der Waals surface area contributed by atoms with Crippen molar-refractivity contribution in [2.75, 3.05) is 31.7 Å². The van der Waals surface area contributed by atoms with Gasteiger partial charge in [-0.3, -0.25) is 0 Å². The van der Waals surface area contributed by atoms with Crippen molar-refractivity contribution in [1.82, 2.24) is 10.2 Å². The van der Waals surface area contributed by atoms with Crippen molar-refractivity contribution in [3.63, 3.8) is 0 Å². The summed E-state index contributed by atoms with van der Waals surface area (Å²) in [5.41, 5.74) is 0.983. The summed E-state index contributed by atoms with van der Waals surface area (Å²) in [5.74, 6) is 2.47. The normalized spacial score (nSPS) is 15.4. The van der Waals surface area contributed by atoms with Crippen LogP contribution in [0.4, 0.5) is 5.82 Å². The third-order valence-electron chi connectivity index (χ3n) is 4.54. The van der Waals surface area contributed by atoms with Crippen LogP contribution < -0.4 is 9.64 Å². The number of halogens is 1. The highest BCUT2D eigenvalue weighted by Gasteiger charge is 2.20. The average molecular weight is 375 g/mol. The lowest BCUT2D eigenvalue weighted by atomic mass is 9.94. The van der Waals surface area contributed by atoms with Gasteiger partial charge in [0.15, 0.2) is 11.0 Å². The van der Waals surface area contributed by atoms with Gasteiger partial charge in [0, 0.05) is 13.1 Å². The van der Waals surface area contributed by atoms with Crippen LogP contribution in [-0.4, -0.2) is 43.2 Å². The fourth-order valence-corrected chi connectivity index (χ4v) is 3.14. The highest BCUT2D eigenvalue weighted by molar-refractivity contribution is 6.29. The molecule has 1 aromatic carbocycles. The number of ether oxygens (including phenoxy) is 1. The second kappa shape index (κ2) is 9.38. The summed E-state index contributed by atoms with van der Waals surface area (Å²) >= 11 is 5.79. The SMILES string of the molecule is CO/N=C/c1ccc(OCCC2CCN(c3ccc(Cl)nn3)CC2)cc1. The van der Waals surface area contributed by atoms with E-state index in [1.165, 1.54) is 7.11 Å². The highest BCUT2D eigenvalue weighted by Crippen LogP contribution is 2.24. The Morgan fingerprint density at radius 3 is 2.58 bits per heavy atom. The van der Waals surface area contributed by atoms with Gasteiger partial charge >= 0.3 is 0 Å². The van der Waals surface area contributed by atoms with E-state index < -0.39 is 0 Å². The minimum absolute atomic E-state index is 0.430. The van der Waals surface area contributed by atoms with Gasteiger partial charge in [-0.2, -0.15) is 0 Å². The molecule has 0 N–H and O–H groups in total. The molecule has 6 nitrogen and oxygen atoms in total. The quantitative estimate of drug-likeness (QED) is 0.545. The Kier molecular flexibility index (Phi) is 6.66. The maximum Gasteiger partial charge on any atom is 0.151 e. The zero-order chi connectivity index (χ0) is 18.2. The molecule has 0 bridgehead atoms. The number of hydrogen-bond donors (Lipinski definition) is 0. The number of rotatable bonds is 7. The molecule has 3 rings (SSSR count). The summed E-state index contributed by atoms with van der Waals surface area (Å²) in [7, 11) is 1.53. The minimum atomic E-state index is 0.430. The van der Waals surface area contributed by atoms with E-state index in [1.54, 1.807) is 12.3 Å². The Morgan fingerprint density at radius 2 is 1.92 bits per heavy atom. The molecule has 2 heterocycles. The summed E-state index contributed by atoms with van der Waals surface area (Å²) in [6, 6.07) is 11.6. The van der Waals surface area contributed by atoms with Gasteiger partial charge in [-0.15, -0.1) is 10.2 Å².